The van der Waals surface area contributed by atoms with E-state index in [1.54, 1.807) is 0 Å². The first-order chi connectivity index (χ1) is 10.8. The number of amidine groups is 1. The molecule has 0 saturated heterocycles. The molecule has 0 unspecified atom stereocenters. The van der Waals surface area contributed by atoms with Gasteiger partial charge >= 0.3 is 0 Å². The average Bonchev–Trinajstić information content (AvgIpc) is 2.86. The summed E-state index contributed by atoms with van der Waals surface area (Å²) >= 11 is 0. The molecule has 1 aromatic heterocycles. The van der Waals surface area contributed by atoms with Crippen molar-refractivity contribution < 1.29 is 0 Å². The zero-order valence-corrected chi connectivity index (χ0v) is 12.3. The minimum absolute atomic E-state index is 0.252. The molecule has 3 aromatic rings. The lowest BCUT2D eigenvalue weighted by Crippen LogP contribution is -2.12. The largest absolute Gasteiger partial charge is 0.382 e. The number of nitrogens with two attached hydrogens (primary N) is 1. The number of fused-ring (bicyclic) bond motifs is 3. The van der Waals surface area contributed by atoms with Gasteiger partial charge in [0.25, 0.3) is 0 Å². The van der Waals surface area contributed by atoms with Crippen LogP contribution in [0.2, 0.25) is 0 Å². The van der Waals surface area contributed by atoms with Crippen LogP contribution in [0.15, 0.2) is 64.9 Å². The van der Waals surface area contributed by atoms with Gasteiger partial charge < -0.3 is 10.3 Å². The van der Waals surface area contributed by atoms with Crippen LogP contribution in [0.5, 0.6) is 0 Å². The summed E-state index contributed by atoms with van der Waals surface area (Å²) in [5, 5.41) is 8.91. The smallest absolute Gasteiger partial charge is 0.155 e. The normalized spacial score (nSPS) is 12.5. The molecule has 0 saturated carbocycles. The molecule has 2 aromatic carbocycles. The Morgan fingerprint density at radius 3 is 2.73 bits per heavy atom. The molecule has 0 aliphatic carbocycles. The molecular weight excluding hydrogens is 274 g/mol. The van der Waals surface area contributed by atoms with Crippen molar-refractivity contribution in [1.82, 2.24) is 4.57 Å². The molecule has 22 heavy (non-hydrogen) atoms. The second-order valence-corrected chi connectivity index (χ2v) is 5.01. The van der Waals surface area contributed by atoms with E-state index in [0.29, 0.717) is 0 Å². The summed E-state index contributed by atoms with van der Waals surface area (Å²) in [6.07, 6.45) is 4.18. The third-order valence-electron chi connectivity index (χ3n) is 3.75. The molecule has 1 heterocycles. The molecule has 5 heteroatoms. The van der Waals surface area contributed by atoms with Crippen molar-refractivity contribution in [2.45, 2.75) is 13.5 Å². The predicted molar refractivity (Wildman–Crippen MR) is 90.1 cm³/mol. The Hall–Kier alpha value is -2.95. The van der Waals surface area contributed by atoms with Crippen LogP contribution in [0.3, 0.4) is 0 Å². The van der Waals surface area contributed by atoms with Gasteiger partial charge in [-0.2, -0.15) is 5.53 Å². The van der Waals surface area contributed by atoms with Gasteiger partial charge in [0.15, 0.2) is 5.84 Å². The lowest BCUT2D eigenvalue weighted by molar-refractivity contribution is 0.897. The van der Waals surface area contributed by atoms with E-state index in [-0.39, 0.29) is 5.84 Å². The standard InChI is InChI=1S/C17H17N5/c1-2-3-10-22-15-7-5-4-6-13(15)14-11-12(8-9-16(14)22)17(18)20-21-19/h2-9,11H,10H2,1H3,(H3,18,19,20)/b3-2+. The van der Waals surface area contributed by atoms with Crippen molar-refractivity contribution >= 4 is 27.6 Å². The summed E-state index contributed by atoms with van der Waals surface area (Å²) < 4.78 is 2.27. The van der Waals surface area contributed by atoms with Crippen LogP contribution in [0, 0.1) is 5.53 Å². The van der Waals surface area contributed by atoms with Gasteiger partial charge in [0, 0.05) is 33.9 Å². The molecule has 110 valence electrons. The Labute approximate surface area is 128 Å². The van der Waals surface area contributed by atoms with Crippen molar-refractivity contribution in [2.24, 2.45) is 16.1 Å². The van der Waals surface area contributed by atoms with Gasteiger partial charge in [0.2, 0.25) is 0 Å². The first kappa shape index (κ1) is 14.0. The molecule has 3 rings (SSSR count). The second kappa shape index (κ2) is 5.81. The number of allylic oxidation sites excluding steroid dienone is 2. The fourth-order valence-corrected chi connectivity index (χ4v) is 2.73. The fraction of sp³-hybridized carbons (Fsp3) is 0.118. The predicted octanol–water partition coefficient (Wildman–Crippen LogP) is 4.02. The Kier molecular flexibility index (Phi) is 3.70. The van der Waals surface area contributed by atoms with Crippen LogP contribution in [0.4, 0.5) is 0 Å². The van der Waals surface area contributed by atoms with Crippen LogP contribution < -0.4 is 5.73 Å². The number of aromatic nitrogens is 1. The summed E-state index contributed by atoms with van der Waals surface area (Å²) in [5.41, 5.74) is 15.8. The van der Waals surface area contributed by atoms with Crippen molar-refractivity contribution in [2.75, 3.05) is 0 Å². The van der Waals surface area contributed by atoms with E-state index in [9.17, 15) is 0 Å². The minimum atomic E-state index is 0.252. The maximum atomic E-state index is 6.80. The third-order valence-corrected chi connectivity index (χ3v) is 3.75. The summed E-state index contributed by atoms with van der Waals surface area (Å²) in [6, 6.07) is 14.3. The topological polar surface area (TPSA) is 79.5 Å². The molecular formula is C17H17N5. The van der Waals surface area contributed by atoms with E-state index in [4.69, 9.17) is 11.3 Å². The van der Waals surface area contributed by atoms with E-state index in [1.807, 2.05) is 37.3 Å². The molecule has 0 spiro atoms. The van der Waals surface area contributed by atoms with E-state index < -0.39 is 0 Å². The molecule has 5 nitrogen and oxygen atoms in total. The zero-order chi connectivity index (χ0) is 15.5. The SMILES string of the molecule is C/C=C/Cn1c2ccccc2c2cc(C(N)=NN=N)ccc21. The van der Waals surface area contributed by atoms with Gasteiger partial charge in [0.1, 0.15) is 0 Å². The number of hydrogen-bond donors (Lipinski definition) is 2. The third kappa shape index (κ3) is 2.26. The molecule has 0 bridgehead atoms. The average molecular weight is 291 g/mol. The maximum Gasteiger partial charge on any atom is 0.155 e. The first-order valence-corrected chi connectivity index (χ1v) is 7.08. The lowest BCUT2D eigenvalue weighted by Gasteiger charge is -2.04. The van der Waals surface area contributed by atoms with Gasteiger partial charge in [-0.1, -0.05) is 35.6 Å². The highest BCUT2D eigenvalue weighted by Crippen LogP contribution is 2.29. The van der Waals surface area contributed by atoms with Gasteiger partial charge in [-0.25, -0.2) is 0 Å². The monoisotopic (exact) mass is 291 g/mol. The van der Waals surface area contributed by atoms with Crippen molar-refractivity contribution in [3.05, 3.63) is 60.2 Å². The Morgan fingerprint density at radius 2 is 1.95 bits per heavy atom. The molecule has 0 fully saturated rings. The highest BCUT2D eigenvalue weighted by Gasteiger charge is 2.11. The Balaban J connectivity index is 2.31. The van der Waals surface area contributed by atoms with E-state index >= 15 is 0 Å². The number of nitrogens with zero attached hydrogens (tertiary/aromatic N) is 3. The minimum Gasteiger partial charge on any atom is -0.382 e. The van der Waals surface area contributed by atoms with Gasteiger partial charge in [0.05, 0.1) is 0 Å². The molecule has 3 N–H and O–H groups in total. The summed E-state index contributed by atoms with van der Waals surface area (Å²) in [4.78, 5) is 0. The van der Waals surface area contributed by atoms with Crippen LogP contribution in [-0.4, -0.2) is 10.4 Å². The van der Waals surface area contributed by atoms with Gasteiger partial charge in [-0.05, 0) is 31.2 Å². The van der Waals surface area contributed by atoms with Gasteiger partial charge in [-0.3, -0.25) is 0 Å². The number of benzene rings is 2. The van der Waals surface area contributed by atoms with Gasteiger partial charge in [-0.15, -0.1) is 5.10 Å². The maximum absolute atomic E-state index is 6.80. The highest BCUT2D eigenvalue weighted by molar-refractivity contribution is 6.11. The quantitative estimate of drug-likeness (QED) is 0.246. The van der Waals surface area contributed by atoms with Crippen molar-refractivity contribution in [3.63, 3.8) is 0 Å². The summed E-state index contributed by atoms with van der Waals surface area (Å²) in [7, 11) is 0. The Bertz CT molecular complexity index is 902. The summed E-state index contributed by atoms with van der Waals surface area (Å²) in [6.45, 7) is 2.85. The van der Waals surface area contributed by atoms with E-state index in [2.05, 4.69) is 39.2 Å². The highest BCUT2D eigenvalue weighted by atomic mass is 15.3. The molecule has 0 aliphatic heterocycles. The number of para-hydroxylation sites is 1. The Morgan fingerprint density at radius 1 is 1.18 bits per heavy atom. The van der Waals surface area contributed by atoms with Crippen LogP contribution in [-0.2, 0) is 6.54 Å². The van der Waals surface area contributed by atoms with E-state index in [0.717, 1.165) is 23.0 Å². The second-order valence-electron chi connectivity index (χ2n) is 5.01. The van der Waals surface area contributed by atoms with E-state index in [1.165, 1.54) is 10.9 Å². The van der Waals surface area contributed by atoms with Crippen LogP contribution >= 0.6 is 0 Å². The number of hydrogen-bond acceptors (Lipinski definition) is 2. The lowest BCUT2D eigenvalue weighted by atomic mass is 10.1. The molecule has 0 amide bonds. The molecule has 0 atom stereocenters. The van der Waals surface area contributed by atoms with Crippen LogP contribution in [0.25, 0.3) is 21.8 Å². The molecule has 0 radical (unpaired) electrons. The number of nitrogens with one attached hydrogen (secondary N) is 1. The molecule has 0 aliphatic rings. The summed E-state index contributed by atoms with van der Waals surface area (Å²) in [5.74, 6) is 0.252. The fourth-order valence-electron chi connectivity index (χ4n) is 2.73. The van der Waals surface area contributed by atoms with Crippen LogP contribution in [0.1, 0.15) is 12.5 Å². The van der Waals surface area contributed by atoms with Crippen molar-refractivity contribution in [3.8, 4) is 0 Å². The first-order valence-electron chi connectivity index (χ1n) is 7.08. The zero-order valence-electron chi connectivity index (χ0n) is 12.3. The number of rotatable bonds is 4. The van der Waals surface area contributed by atoms with Crippen molar-refractivity contribution in [1.29, 1.82) is 5.53 Å².